The van der Waals surface area contributed by atoms with E-state index >= 15 is 0 Å². The fourth-order valence-corrected chi connectivity index (χ4v) is 8.49. The monoisotopic (exact) mass is 710 g/mol. The van der Waals surface area contributed by atoms with Crippen LogP contribution in [0.15, 0.2) is 126 Å². The fourth-order valence-electron chi connectivity index (χ4n) is 5.57. The standard InChI is InChI=1S/C32H35N3O4S2.C7H7NO/c1-39-29-9-5-8-27(22-29)32(36)34-23-30-14-15-31(40-30)41(37,38)35-20-17-28(18-21-35)33-19-16-24-10-12-26(13-11-24)25-6-3-2-4-7-25;8-7(9)6-4-2-1-3-5-6/h2-15,22,28,33H,16-21,23H2,1H3,(H,34,36);1-5H,(H2,8,9). The molecular formula is C39H42N4O5S2. The number of amides is 2. The van der Waals surface area contributed by atoms with Crippen LogP contribution in [0.1, 0.15) is 44.0 Å². The van der Waals surface area contributed by atoms with Crippen molar-refractivity contribution < 1.29 is 22.7 Å². The Hall–Kier alpha value is -4.81. The second kappa shape index (κ2) is 17.7. The van der Waals surface area contributed by atoms with Crippen molar-refractivity contribution in [3.63, 3.8) is 0 Å². The average molecular weight is 711 g/mol. The number of primary amides is 1. The minimum Gasteiger partial charge on any atom is -0.497 e. The van der Waals surface area contributed by atoms with Gasteiger partial charge >= 0.3 is 0 Å². The molecule has 0 aliphatic carbocycles. The number of carbonyl (C=O) groups is 2. The minimum atomic E-state index is -3.56. The Morgan fingerprint density at radius 2 is 1.46 bits per heavy atom. The van der Waals surface area contributed by atoms with Crippen LogP contribution in [0.5, 0.6) is 5.75 Å². The molecule has 0 saturated carbocycles. The number of nitrogens with two attached hydrogens (primary N) is 1. The van der Waals surface area contributed by atoms with Gasteiger partial charge in [-0.05, 0) is 85.0 Å². The van der Waals surface area contributed by atoms with E-state index in [-0.39, 0.29) is 18.4 Å². The lowest BCUT2D eigenvalue weighted by Crippen LogP contribution is -2.45. The van der Waals surface area contributed by atoms with Crippen molar-refractivity contribution in [3.8, 4) is 16.9 Å². The Kier molecular flexibility index (Phi) is 12.9. The van der Waals surface area contributed by atoms with Crippen LogP contribution in [0.2, 0.25) is 0 Å². The smallest absolute Gasteiger partial charge is 0.252 e. The van der Waals surface area contributed by atoms with Crippen LogP contribution in [0, 0.1) is 0 Å². The number of nitrogens with zero attached hydrogens (tertiary/aromatic N) is 1. The number of nitrogens with one attached hydrogen (secondary N) is 2. The van der Waals surface area contributed by atoms with E-state index in [0.717, 1.165) is 30.7 Å². The molecule has 2 heterocycles. The summed E-state index contributed by atoms with van der Waals surface area (Å²) in [6, 6.07) is 38.4. The van der Waals surface area contributed by atoms with Gasteiger partial charge in [-0.3, -0.25) is 9.59 Å². The van der Waals surface area contributed by atoms with Crippen molar-refractivity contribution in [2.45, 2.75) is 36.1 Å². The number of carbonyl (C=O) groups excluding carboxylic acids is 2. The summed E-state index contributed by atoms with van der Waals surface area (Å²) in [5.41, 5.74) is 9.73. The Balaban J connectivity index is 0.000000470. The predicted molar refractivity (Wildman–Crippen MR) is 199 cm³/mol. The first-order valence-corrected chi connectivity index (χ1v) is 18.7. The summed E-state index contributed by atoms with van der Waals surface area (Å²) in [4.78, 5) is 23.7. The van der Waals surface area contributed by atoms with Crippen LogP contribution in [0.4, 0.5) is 0 Å². The summed E-state index contributed by atoms with van der Waals surface area (Å²) in [5, 5.41) is 6.47. The molecule has 5 aromatic rings. The van der Waals surface area contributed by atoms with E-state index in [9.17, 15) is 18.0 Å². The third kappa shape index (κ3) is 10.1. The van der Waals surface area contributed by atoms with Crippen molar-refractivity contribution in [2.75, 3.05) is 26.7 Å². The SMILES string of the molecule is COc1cccc(C(=O)NCc2ccc(S(=O)(=O)N3CCC(NCCc4ccc(-c5ccccc5)cc4)CC3)s2)c1.NC(=O)c1ccccc1. The number of benzene rings is 4. The third-order valence-corrected chi connectivity index (χ3v) is 11.9. The summed E-state index contributed by atoms with van der Waals surface area (Å²) in [5.74, 6) is -0.00831. The van der Waals surface area contributed by atoms with Crippen LogP contribution >= 0.6 is 11.3 Å². The molecule has 0 bridgehead atoms. The molecular weight excluding hydrogens is 669 g/mol. The van der Waals surface area contributed by atoms with Crippen molar-refractivity contribution in [3.05, 3.63) is 143 Å². The summed E-state index contributed by atoms with van der Waals surface area (Å²) in [6.45, 7) is 2.10. The predicted octanol–water partition coefficient (Wildman–Crippen LogP) is 6.12. The Morgan fingerprint density at radius 1 is 0.820 bits per heavy atom. The first kappa shape index (κ1) is 36.5. The summed E-state index contributed by atoms with van der Waals surface area (Å²) in [7, 11) is -2.01. The third-order valence-electron chi connectivity index (χ3n) is 8.41. The van der Waals surface area contributed by atoms with E-state index in [1.807, 2.05) is 12.1 Å². The molecule has 1 saturated heterocycles. The maximum Gasteiger partial charge on any atom is 0.252 e. The summed E-state index contributed by atoms with van der Waals surface area (Å²) >= 11 is 1.21. The number of rotatable bonds is 12. The molecule has 50 heavy (non-hydrogen) atoms. The quantitative estimate of drug-likeness (QED) is 0.143. The molecule has 11 heteroatoms. The number of sulfonamides is 1. The van der Waals surface area contributed by atoms with Gasteiger partial charge in [0.2, 0.25) is 5.91 Å². The van der Waals surface area contributed by atoms with Gasteiger partial charge in [0, 0.05) is 35.1 Å². The van der Waals surface area contributed by atoms with Gasteiger partial charge in [-0.25, -0.2) is 8.42 Å². The van der Waals surface area contributed by atoms with E-state index in [0.29, 0.717) is 40.2 Å². The first-order valence-electron chi connectivity index (χ1n) is 16.5. The maximum absolute atomic E-state index is 13.3. The molecule has 260 valence electrons. The van der Waals surface area contributed by atoms with Crippen molar-refractivity contribution in [1.82, 2.24) is 14.9 Å². The molecule has 1 aromatic heterocycles. The van der Waals surface area contributed by atoms with Crippen LogP contribution in [-0.4, -0.2) is 57.3 Å². The summed E-state index contributed by atoms with van der Waals surface area (Å²) < 4.78 is 33.6. The van der Waals surface area contributed by atoms with Gasteiger partial charge in [-0.15, -0.1) is 11.3 Å². The van der Waals surface area contributed by atoms with E-state index < -0.39 is 10.0 Å². The highest BCUT2D eigenvalue weighted by molar-refractivity contribution is 7.91. The van der Waals surface area contributed by atoms with Gasteiger partial charge in [0.15, 0.2) is 0 Å². The van der Waals surface area contributed by atoms with Crippen molar-refractivity contribution in [1.29, 1.82) is 0 Å². The van der Waals surface area contributed by atoms with Crippen LogP contribution < -0.4 is 21.1 Å². The lowest BCUT2D eigenvalue weighted by Gasteiger charge is -2.31. The Bertz CT molecular complexity index is 1940. The van der Waals surface area contributed by atoms with Gasteiger partial charge in [0.25, 0.3) is 15.9 Å². The molecule has 0 radical (unpaired) electrons. The highest BCUT2D eigenvalue weighted by atomic mass is 32.2. The van der Waals surface area contributed by atoms with Crippen molar-refractivity contribution in [2.24, 2.45) is 5.73 Å². The van der Waals surface area contributed by atoms with Crippen LogP contribution in [0.3, 0.4) is 0 Å². The molecule has 1 aliphatic heterocycles. The van der Waals surface area contributed by atoms with E-state index in [2.05, 4.69) is 59.2 Å². The van der Waals surface area contributed by atoms with Gasteiger partial charge in [0.05, 0.1) is 13.7 Å². The normalized spacial score (nSPS) is 13.5. The molecule has 0 atom stereocenters. The first-order chi connectivity index (χ1) is 24.2. The number of piperidine rings is 1. The Morgan fingerprint density at radius 3 is 2.10 bits per heavy atom. The number of thiophene rings is 1. The second-order valence-electron chi connectivity index (χ2n) is 11.8. The molecule has 9 nitrogen and oxygen atoms in total. The zero-order valence-corrected chi connectivity index (χ0v) is 29.6. The Labute approximate surface area is 298 Å². The zero-order valence-electron chi connectivity index (χ0n) is 28.0. The largest absolute Gasteiger partial charge is 0.497 e. The van der Waals surface area contributed by atoms with Gasteiger partial charge in [-0.2, -0.15) is 4.31 Å². The van der Waals surface area contributed by atoms with Gasteiger partial charge in [0.1, 0.15) is 9.96 Å². The second-order valence-corrected chi connectivity index (χ2v) is 15.1. The minimum absolute atomic E-state index is 0.236. The molecule has 0 unspecified atom stereocenters. The van der Waals surface area contributed by atoms with Crippen molar-refractivity contribution >= 4 is 33.2 Å². The lowest BCUT2D eigenvalue weighted by atomic mass is 10.0. The lowest BCUT2D eigenvalue weighted by molar-refractivity contribution is 0.0949. The van der Waals surface area contributed by atoms with E-state index in [4.69, 9.17) is 10.5 Å². The topological polar surface area (TPSA) is 131 Å². The molecule has 4 N–H and O–H groups in total. The van der Waals surface area contributed by atoms with Gasteiger partial charge in [-0.1, -0.05) is 78.9 Å². The number of ether oxygens (including phenoxy) is 1. The molecule has 2 amide bonds. The molecule has 1 fully saturated rings. The molecule has 6 rings (SSSR count). The van der Waals surface area contributed by atoms with Crippen LogP contribution in [0.25, 0.3) is 11.1 Å². The van der Waals surface area contributed by atoms with Crippen LogP contribution in [-0.2, 0) is 23.0 Å². The highest BCUT2D eigenvalue weighted by Gasteiger charge is 2.30. The summed E-state index contributed by atoms with van der Waals surface area (Å²) in [6.07, 6.45) is 2.49. The van der Waals surface area contributed by atoms with E-state index in [1.165, 1.54) is 28.0 Å². The number of hydrogen-bond donors (Lipinski definition) is 3. The molecule has 1 aliphatic rings. The molecule has 4 aromatic carbocycles. The highest BCUT2D eigenvalue weighted by Crippen LogP contribution is 2.27. The van der Waals surface area contributed by atoms with Gasteiger partial charge < -0.3 is 21.1 Å². The fraction of sp³-hybridized carbons (Fsp3) is 0.231. The maximum atomic E-state index is 13.3. The molecule has 0 spiro atoms. The number of methoxy groups -OCH3 is 1. The number of hydrogen-bond acceptors (Lipinski definition) is 7. The zero-order chi connectivity index (χ0) is 35.3. The van der Waals surface area contributed by atoms with E-state index in [1.54, 1.807) is 72.1 Å². The average Bonchev–Trinajstić information content (AvgIpc) is 3.66.